The van der Waals surface area contributed by atoms with Gasteiger partial charge < -0.3 is 15.3 Å². The smallest absolute Gasteiger partial charge is 0.326 e. The number of aliphatic carboxylic acids is 1. The quantitative estimate of drug-likeness (QED) is 0.728. The maximum absolute atomic E-state index is 12.3. The number of hydrogen-bond acceptors (Lipinski definition) is 3. The van der Waals surface area contributed by atoms with Crippen LogP contribution in [-0.2, 0) is 9.59 Å². The van der Waals surface area contributed by atoms with Crippen LogP contribution in [0, 0.1) is 11.8 Å². The summed E-state index contributed by atoms with van der Waals surface area (Å²) in [5, 5.41) is 12.3. The first-order chi connectivity index (χ1) is 8.11. The van der Waals surface area contributed by atoms with Crippen LogP contribution >= 0.6 is 0 Å². The molecule has 2 aliphatic rings. The average molecular weight is 240 g/mol. The largest absolute Gasteiger partial charge is 0.480 e. The normalized spacial score (nSPS) is 33.7. The molecule has 2 rings (SSSR count). The molecule has 2 aliphatic heterocycles. The summed E-state index contributed by atoms with van der Waals surface area (Å²) in [5.74, 6) is -0.583. The minimum atomic E-state index is -0.864. The lowest BCUT2D eigenvalue weighted by atomic mass is 9.93. The third-order valence-corrected chi connectivity index (χ3v) is 3.91. The van der Waals surface area contributed by atoms with Crippen LogP contribution in [0.4, 0.5) is 0 Å². The Morgan fingerprint density at radius 3 is 2.65 bits per heavy atom. The summed E-state index contributed by atoms with van der Waals surface area (Å²) in [5.41, 5.74) is 0. The van der Waals surface area contributed by atoms with E-state index >= 15 is 0 Å². The Balaban J connectivity index is 2.08. The number of rotatable bonds is 2. The Bertz CT molecular complexity index is 319. The number of hydrogen-bond donors (Lipinski definition) is 2. The lowest BCUT2D eigenvalue weighted by Gasteiger charge is -2.35. The molecule has 0 aromatic heterocycles. The average Bonchev–Trinajstić information content (AvgIpc) is 2.74. The summed E-state index contributed by atoms with van der Waals surface area (Å²) in [4.78, 5) is 25.1. The topological polar surface area (TPSA) is 69.6 Å². The third kappa shape index (κ3) is 2.44. The Kier molecular flexibility index (Phi) is 3.66. The number of nitrogens with one attached hydrogen (secondary N) is 1. The highest BCUT2D eigenvalue weighted by Crippen LogP contribution is 2.24. The fourth-order valence-electron chi connectivity index (χ4n) is 2.81. The summed E-state index contributed by atoms with van der Waals surface area (Å²) in [6, 6.07) is -0.607. The minimum absolute atomic E-state index is 0.0228. The highest BCUT2D eigenvalue weighted by molar-refractivity contribution is 5.85. The molecule has 2 N–H and O–H groups in total. The van der Waals surface area contributed by atoms with Gasteiger partial charge in [0.1, 0.15) is 6.04 Å². The first-order valence-corrected chi connectivity index (χ1v) is 6.35. The lowest BCUT2D eigenvalue weighted by molar-refractivity contribution is -0.154. The summed E-state index contributed by atoms with van der Waals surface area (Å²) < 4.78 is 0. The molecule has 5 nitrogen and oxygen atoms in total. The molecule has 2 saturated heterocycles. The van der Waals surface area contributed by atoms with Crippen LogP contribution in [0.1, 0.15) is 26.2 Å². The Morgan fingerprint density at radius 2 is 2.06 bits per heavy atom. The molecule has 1 unspecified atom stereocenters. The predicted octanol–water partition coefficient (Wildman–Crippen LogP) is 0.308. The molecule has 2 fully saturated rings. The number of carbonyl (C=O) groups is 2. The Hall–Kier alpha value is -1.10. The van der Waals surface area contributed by atoms with Crippen molar-refractivity contribution in [3.8, 4) is 0 Å². The molecule has 96 valence electrons. The van der Waals surface area contributed by atoms with Gasteiger partial charge in [-0.15, -0.1) is 0 Å². The van der Waals surface area contributed by atoms with E-state index in [4.69, 9.17) is 5.11 Å². The van der Waals surface area contributed by atoms with Crippen LogP contribution in [-0.4, -0.2) is 47.6 Å². The summed E-state index contributed by atoms with van der Waals surface area (Å²) in [7, 11) is 0. The molecule has 0 radical (unpaired) electrons. The number of amides is 1. The van der Waals surface area contributed by atoms with Crippen molar-refractivity contribution in [1.29, 1.82) is 0 Å². The molecule has 0 aliphatic carbocycles. The van der Waals surface area contributed by atoms with E-state index in [0.29, 0.717) is 25.4 Å². The molecule has 1 amide bonds. The van der Waals surface area contributed by atoms with Gasteiger partial charge in [-0.3, -0.25) is 4.79 Å². The van der Waals surface area contributed by atoms with Gasteiger partial charge in [0, 0.05) is 13.1 Å². The van der Waals surface area contributed by atoms with Gasteiger partial charge in [0.15, 0.2) is 0 Å². The Morgan fingerprint density at radius 1 is 1.29 bits per heavy atom. The fourth-order valence-corrected chi connectivity index (χ4v) is 2.81. The number of carboxylic acid groups (broad SMARTS) is 1. The predicted molar refractivity (Wildman–Crippen MR) is 62.5 cm³/mol. The van der Waals surface area contributed by atoms with Crippen LogP contribution < -0.4 is 5.32 Å². The molecule has 0 aromatic rings. The monoisotopic (exact) mass is 240 g/mol. The van der Waals surface area contributed by atoms with Crippen LogP contribution in [0.5, 0.6) is 0 Å². The fraction of sp³-hybridized carbons (Fsp3) is 0.833. The van der Waals surface area contributed by atoms with Crippen molar-refractivity contribution in [2.45, 2.75) is 32.2 Å². The zero-order valence-corrected chi connectivity index (χ0v) is 10.2. The summed E-state index contributed by atoms with van der Waals surface area (Å²) in [6.45, 7) is 4.17. The van der Waals surface area contributed by atoms with Crippen molar-refractivity contribution in [1.82, 2.24) is 10.2 Å². The van der Waals surface area contributed by atoms with Crippen molar-refractivity contribution >= 4 is 11.9 Å². The van der Waals surface area contributed by atoms with Gasteiger partial charge in [-0.1, -0.05) is 6.92 Å². The van der Waals surface area contributed by atoms with Gasteiger partial charge in [-0.05, 0) is 31.7 Å². The number of likely N-dealkylation sites (tertiary alicyclic amines) is 1. The van der Waals surface area contributed by atoms with Crippen LogP contribution in [0.2, 0.25) is 0 Å². The summed E-state index contributed by atoms with van der Waals surface area (Å²) in [6.07, 6.45) is 2.42. The van der Waals surface area contributed by atoms with E-state index in [9.17, 15) is 9.59 Å². The van der Waals surface area contributed by atoms with E-state index in [1.807, 2.05) is 6.92 Å². The Labute approximate surface area is 101 Å². The molecule has 17 heavy (non-hydrogen) atoms. The van der Waals surface area contributed by atoms with Gasteiger partial charge in [-0.2, -0.15) is 0 Å². The first-order valence-electron chi connectivity index (χ1n) is 6.35. The van der Waals surface area contributed by atoms with Crippen molar-refractivity contribution in [2.24, 2.45) is 11.8 Å². The van der Waals surface area contributed by atoms with Crippen LogP contribution in [0.15, 0.2) is 0 Å². The highest BCUT2D eigenvalue weighted by Gasteiger charge is 2.38. The summed E-state index contributed by atoms with van der Waals surface area (Å²) >= 11 is 0. The standard InChI is InChI=1S/C12H20N2O3/c1-8-6-13-7-9(8)11(15)14-5-3-2-4-10(14)12(16)17/h8-10,13H,2-7H2,1H3,(H,16,17)/t8-,9-,10?/m1/s1. The van der Waals surface area contributed by atoms with Crippen molar-refractivity contribution in [3.05, 3.63) is 0 Å². The molecule has 5 heteroatoms. The van der Waals surface area contributed by atoms with E-state index in [1.165, 1.54) is 0 Å². The SMILES string of the molecule is C[C@@H]1CNC[C@H]1C(=O)N1CCCCC1C(=O)O. The number of piperidine rings is 1. The maximum atomic E-state index is 12.3. The third-order valence-electron chi connectivity index (χ3n) is 3.91. The molecule has 0 saturated carbocycles. The van der Waals surface area contributed by atoms with E-state index in [1.54, 1.807) is 4.90 Å². The van der Waals surface area contributed by atoms with Crippen molar-refractivity contribution in [2.75, 3.05) is 19.6 Å². The molecule has 0 aromatic carbocycles. The van der Waals surface area contributed by atoms with Gasteiger partial charge >= 0.3 is 5.97 Å². The number of nitrogens with zero attached hydrogens (tertiary/aromatic N) is 1. The van der Waals surface area contributed by atoms with Crippen LogP contribution in [0.3, 0.4) is 0 Å². The maximum Gasteiger partial charge on any atom is 0.326 e. The van der Waals surface area contributed by atoms with E-state index < -0.39 is 12.0 Å². The second kappa shape index (κ2) is 5.04. The highest BCUT2D eigenvalue weighted by atomic mass is 16.4. The zero-order valence-electron chi connectivity index (χ0n) is 10.2. The van der Waals surface area contributed by atoms with Crippen molar-refractivity contribution < 1.29 is 14.7 Å². The molecule has 0 bridgehead atoms. The molecular weight excluding hydrogens is 220 g/mol. The lowest BCUT2D eigenvalue weighted by Crippen LogP contribution is -2.51. The number of carbonyl (C=O) groups excluding carboxylic acids is 1. The molecule has 0 spiro atoms. The second-order valence-electron chi connectivity index (χ2n) is 5.12. The zero-order chi connectivity index (χ0) is 12.4. The minimum Gasteiger partial charge on any atom is -0.480 e. The second-order valence-corrected chi connectivity index (χ2v) is 5.12. The van der Waals surface area contributed by atoms with Gasteiger partial charge in [0.25, 0.3) is 0 Å². The molecule has 3 atom stereocenters. The van der Waals surface area contributed by atoms with Gasteiger partial charge in [0.2, 0.25) is 5.91 Å². The van der Waals surface area contributed by atoms with Gasteiger partial charge in [-0.25, -0.2) is 4.79 Å². The van der Waals surface area contributed by atoms with Crippen LogP contribution in [0.25, 0.3) is 0 Å². The number of carboxylic acids is 1. The van der Waals surface area contributed by atoms with E-state index in [2.05, 4.69) is 5.32 Å². The van der Waals surface area contributed by atoms with Gasteiger partial charge in [0.05, 0.1) is 5.92 Å². The van der Waals surface area contributed by atoms with E-state index in [0.717, 1.165) is 19.4 Å². The molecule has 2 heterocycles. The first kappa shape index (κ1) is 12.4. The van der Waals surface area contributed by atoms with Crippen molar-refractivity contribution in [3.63, 3.8) is 0 Å². The van der Waals surface area contributed by atoms with E-state index in [-0.39, 0.29) is 11.8 Å². The molecular formula is C12H20N2O3.